The van der Waals surface area contributed by atoms with Crippen LogP contribution in [0, 0.1) is 12.7 Å². The van der Waals surface area contributed by atoms with Crippen molar-refractivity contribution >= 4 is 17.0 Å². The molecule has 1 heterocycles. The summed E-state index contributed by atoms with van der Waals surface area (Å²) < 4.78 is 13.3. The fraction of sp³-hybridized carbons (Fsp3) is 0.357. The molecular weight excluding hydrogens is 261 g/mol. The van der Waals surface area contributed by atoms with Gasteiger partial charge in [-0.1, -0.05) is 0 Å². The summed E-state index contributed by atoms with van der Waals surface area (Å²) in [5, 5.41) is 3.07. The number of rotatable bonds is 5. The average molecular weight is 279 g/mol. The summed E-state index contributed by atoms with van der Waals surface area (Å²) in [5.41, 5.74) is 4.93. The molecule has 1 aromatic carbocycles. The van der Waals surface area contributed by atoms with E-state index < -0.39 is 0 Å². The Morgan fingerprint density at radius 1 is 1.42 bits per heavy atom. The van der Waals surface area contributed by atoms with E-state index in [2.05, 4.69) is 15.2 Å². The van der Waals surface area contributed by atoms with E-state index >= 15 is 0 Å². The van der Waals surface area contributed by atoms with Gasteiger partial charge in [-0.25, -0.2) is 9.37 Å². The van der Waals surface area contributed by atoms with Crippen molar-refractivity contribution in [3.8, 4) is 0 Å². The molecule has 0 spiro atoms. The highest BCUT2D eigenvalue weighted by Crippen LogP contribution is 2.24. The zero-order valence-electron chi connectivity index (χ0n) is 11.4. The summed E-state index contributed by atoms with van der Waals surface area (Å²) in [6, 6.07) is 4.92. The first-order valence-corrected chi connectivity index (χ1v) is 7.03. The lowest BCUT2D eigenvalue weighted by Crippen LogP contribution is -2.19. The predicted octanol–water partition coefficient (Wildman–Crippen LogP) is 2.95. The zero-order chi connectivity index (χ0) is 13.8. The van der Waals surface area contributed by atoms with E-state index in [1.807, 2.05) is 32.6 Å². The third kappa shape index (κ3) is 3.30. The molecule has 3 nitrogen and oxygen atoms in total. The second-order valence-corrected chi connectivity index (χ2v) is 5.46. The standard InChI is InChI=1S/C14H18FN3S/c1-10-14(19-9-17-10)8-18(3)13-5-4-12(15)6-11(13)7-16-2/h4-6,9,16H,7-8H2,1-3H3. The van der Waals surface area contributed by atoms with Crippen molar-refractivity contribution in [2.75, 3.05) is 19.0 Å². The highest BCUT2D eigenvalue weighted by Gasteiger charge is 2.11. The van der Waals surface area contributed by atoms with Crippen molar-refractivity contribution < 1.29 is 4.39 Å². The lowest BCUT2D eigenvalue weighted by Gasteiger charge is -2.22. The van der Waals surface area contributed by atoms with Gasteiger partial charge in [0.25, 0.3) is 0 Å². The summed E-state index contributed by atoms with van der Waals surface area (Å²) in [6.07, 6.45) is 0. The molecule has 19 heavy (non-hydrogen) atoms. The molecule has 1 aromatic heterocycles. The van der Waals surface area contributed by atoms with Gasteiger partial charge < -0.3 is 10.2 Å². The lowest BCUT2D eigenvalue weighted by molar-refractivity contribution is 0.623. The molecule has 0 radical (unpaired) electrons. The van der Waals surface area contributed by atoms with Gasteiger partial charge in [0, 0.05) is 24.2 Å². The van der Waals surface area contributed by atoms with Crippen molar-refractivity contribution in [2.24, 2.45) is 0 Å². The third-order valence-electron chi connectivity index (χ3n) is 3.05. The number of benzene rings is 1. The summed E-state index contributed by atoms with van der Waals surface area (Å²) in [7, 11) is 3.88. The van der Waals surface area contributed by atoms with Crippen molar-refractivity contribution in [3.63, 3.8) is 0 Å². The Kier molecular flexibility index (Phi) is 4.50. The molecule has 102 valence electrons. The lowest BCUT2D eigenvalue weighted by atomic mass is 10.1. The normalized spacial score (nSPS) is 10.7. The number of aryl methyl sites for hydroxylation is 1. The zero-order valence-corrected chi connectivity index (χ0v) is 12.2. The van der Waals surface area contributed by atoms with E-state index in [4.69, 9.17) is 0 Å². The first-order valence-electron chi connectivity index (χ1n) is 6.15. The van der Waals surface area contributed by atoms with Gasteiger partial charge >= 0.3 is 0 Å². The van der Waals surface area contributed by atoms with Gasteiger partial charge in [0.15, 0.2) is 0 Å². The highest BCUT2D eigenvalue weighted by molar-refractivity contribution is 7.09. The maximum atomic E-state index is 13.3. The van der Waals surface area contributed by atoms with Crippen LogP contribution in [0.25, 0.3) is 0 Å². The van der Waals surface area contributed by atoms with Crippen LogP contribution < -0.4 is 10.2 Å². The Hall–Kier alpha value is -1.46. The fourth-order valence-corrected chi connectivity index (χ4v) is 2.87. The summed E-state index contributed by atoms with van der Waals surface area (Å²) in [5.74, 6) is -0.198. The first kappa shape index (κ1) is 14.0. The molecule has 0 aliphatic carbocycles. The van der Waals surface area contributed by atoms with Crippen molar-refractivity contribution in [2.45, 2.75) is 20.0 Å². The van der Waals surface area contributed by atoms with E-state index in [-0.39, 0.29) is 5.82 Å². The van der Waals surface area contributed by atoms with E-state index in [0.29, 0.717) is 6.54 Å². The minimum absolute atomic E-state index is 0.198. The molecule has 0 aliphatic rings. The molecular formula is C14H18FN3S. The van der Waals surface area contributed by atoms with Crippen molar-refractivity contribution in [1.82, 2.24) is 10.3 Å². The molecule has 2 rings (SSSR count). The second-order valence-electron chi connectivity index (χ2n) is 4.52. The Balaban J connectivity index is 2.23. The smallest absolute Gasteiger partial charge is 0.123 e. The molecule has 0 bridgehead atoms. The molecule has 0 fully saturated rings. The number of hydrogen-bond acceptors (Lipinski definition) is 4. The molecule has 1 N–H and O–H groups in total. The minimum atomic E-state index is -0.198. The summed E-state index contributed by atoms with van der Waals surface area (Å²) in [4.78, 5) is 7.63. The Bertz CT molecular complexity index is 553. The molecule has 0 saturated carbocycles. The van der Waals surface area contributed by atoms with Gasteiger partial charge in [0.05, 0.1) is 17.7 Å². The Labute approximate surface area is 117 Å². The average Bonchev–Trinajstić information content (AvgIpc) is 2.75. The van der Waals surface area contributed by atoms with Crippen molar-refractivity contribution in [3.05, 3.63) is 45.7 Å². The van der Waals surface area contributed by atoms with Gasteiger partial charge in [-0.15, -0.1) is 11.3 Å². The number of anilines is 1. The van der Waals surface area contributed by atoms with Crippen LogP contribution >= 0.6 is 11.3 Å². The van der Waals surface area contributed by atoms with E-state index in [0.717, 1.165) is 23.5 Å². The Morgan fingerprint density at radius 2 is 2.21 bits per heavy atom. The molecule has 0 saturated heterocycles. The molecule has 5 heteroatoms. The van der Waals surface area contributed by atoms with Crippen LogP contribution in [0.4, 0.5) is 10.1 Å². The van der Waals surface area contributed by atoms with Gasteiger partial charge in [-0.3, -0.25) is 0 Å². The number of thiazole rings is 1. The third-order valence-corrected chi connectivity index (χ3v) is 3.97. The summed E-state index contributed by atoms with van der Waals surface area (Å²) >= 11 is 1.65. The van der Waals surface area contributed by atoms with Crippen LogP contribution in [0.15, 0.2) is 23.7 Å². The second kappa shape index (κ2) is 6.12. The molecule has 0 unspecified atom stereocenters. The van der Waals surface area contributed by atoms with Gasteiger partial charge in [0.1, 0.15) is 5.82 Å². The first-order chi connectivity index (χ1) is 9.11. The largest absolute Gasteiger partial charge is 0.369 e. The molecule has 0 atom stereocenters. The van der Waals surface area contributed by atoms with Crippen LogP contribution in [0.1, 0.15) is 16.1 Å². The number of aromatic nitrogens is 1. The van der Waals surface area contributed by atoms with E-state index in [9.17, 15) is 4.39 Å². The number of halogens is 1. The molecule has 0 amide bonds. The maximum absolute atomic E-state index is 13.3. The van der Waals surface area contributed by atoms with Gasteiger partial charge in [-0.2, -0.15) is 0 Å². The molecule has 2 aromatic rings. The van der Waals surface area contributed by atoms with E-state index in [1.165, 1.54) is 10.9 Å². The predicted molar refractivity (Wildman–Crippen MR) is 78.1 cm³/mol. The van der Waals surface area contributed by atoms with E-state index in [1.54, 1.807) is 17.4 Å². The van der Waals surface area contributed by atoms with Gasteiger partial charge in [-0.05, 0) is 37.7 Å². The topological polar surface area (TPSA) is 28.2 Å². The van der Waals surface area contributed by atoms with Crippen LogP contribution in [0.2, 0.25) is 0 Å². The quantitative estimate of drug-likeness (QED) is 0.912. The fourth-order valence-electron chi connectivity index (χ4n) is 2.04. The van der Waals surface area contributed by atoms with Crippen LogP contribution in [0.5, 0.6) is 0 Å². The summed E-state index contributed by atoms with van der Waals surface area (Å²) in [6.45, 7) is 3.46. The van der Waals surface area contributed by atoms with Gasteiger partial charge in [0.2, 0.25) is 0 Å². The number of hydrogen-bond donors (Lipinski definition) is 1. The van der Waals surface area contributed by atoms with Crippen LogP contribution in [-0.2, 0) is 13.1 Å². The number of nitrogens with zero attached hydrogens (tertiary/aromatic N) is 2. The minimum Gasteiger partial charge on any atom is -0.369 e. The Morgan fingerprint density at radius 3 is 2.84 bits per heavy atom. The number of nitrogens with one attached hydrogen (secondary N) is 1. The SMILES string of the molecule is CNCc1cc(F)ccc1N(C)Cc1scnc1C. The van der Waals surface area contributed by atoms with Crippen LogP contribution in [-0.4, -0.2) is 19.1 Å². The molecule has 0 aliphatic heterocycles. The monoisotopic (exact) mass is 279 g/mol. The maximum Gasteiger partial charge on any atom is 0.123 e. The highest BCUT2D eigenvalue weighted by atomic mass is 32.1. The van der Waals surface area contributed by atoms with Crippen molar-refractivity contribution in [1.29, 1.82) is 0 Å². The van der Waals surface area contributed by atoms with Crippen LogP contribution in [0.3, 0.4) is 0 Å².